The molecular weight excluding hydrogens is 346 g/mol. The lowest BCUT2D eigenvalue weighted by Gasteiger charge is -2.21. The predicted molar refractivity (Wildman–Crippen MR) is 98.8 cm³/mol. The second kappa shape index (κ2) is 9.84. The van der Waals surface area contributed by atoms with Gasteiger partial charge in [0.2, 0.25) is 5.91 Å². The van der Waals surface area contributed by atoms with Crippen molar-refractivity contribution in [1.29, 1.82) is 0 Å². The molecule has 1 saturated carbocycles. The van der Waals surface area contributed by atoms with Crippen LogP contribution in [0.5, 0.6) is 0 Å². The summed E-state index contributed by atoms with van der Waals surface area (Å²) in [5, 5.41) is 11.6. The Labute approximate surface area is 149 Å². The van der Waals surface area contributed by atoms with Crippen LogP contribution in [0.4, 0.5) is 5.69 Å². The minimum Gasteiger partial charge on any atom is -0.481 e. The van der Waals surface area contributed by atoms with Gasteiger partial charge in [-0.1, -0.05) is 31.4 Å². The van der Waals surface area contributed by atoms with Gasteiger partial charge in [-0.25, -0.2) is 0 Å². The van der Waals surface area contributed by atoms with E-state index >= 15 is 0 Å². The largest absolute Gasteiger partial charge is 0.481 e. The molecule has 0 radical (unpaired) electrons. The van der Waals surface area contributed by atoms with Gasteiger partial charge in [0, 0.05) is 27.5 Å². The van der Waals surface area contributed by atoms with E-state index < -0.39 is 16.8 Å². The lowest BCUT2D eigenvalue weighted by molar-refractivity contribution is -0.133. The van der Waals surface area contributed by atoms with Crippen molar-refractivity contribution in [1.82, 2.24) is 0 Å². The van der Waals surface area contributed by atoms with Gasteiger partial charge < -0.3 is 10.4 Å². The Morgan fingerprint density at radius 1 is 1.21 bits per heavy atom. The fourth-order valence-electron chi connectivity index (χ4n) is 2.78. The van der Waals surface area contributed by atoms with E-state index in [2.05, 4.69) is 5.32 Å². The van der Waals surface area contributed by atoms with E-state index in [-0.39, 0.29) is 17.4 Å². The van der Waals surface area contributed by atoms with E-state index in [0.717, 1.165) is 30.2 Å². The minimum atomic E-state index is -0.931. The first-order valence-corrected chi connectivity index (χ1v) is 10.6. The Morgan fingerprint density at radius 3 is 2.67 bits per heavy atom. The number of carbonyl (C=O) groups is 2. The number of anilines is 1. The summed E-state index contributed by atoms with van der Waals surface area (Å²) in [7, 11) is -0.871. The van der Waals surface area contributed by atoms with Crippen molar-refractivity contribution >= 4 is 40.1 Å². The topological polar surface area (TPSA) is 83.5 Å². The monoisotopic (exact) mass is 369 g/mol. The molecule has 1 aliphatic rings. The maximum atomic E-state index is 12.5. The highest BCUT2D eigenvalue weighted by atomic mass is 32.2. The Morgan fingerprint density at radius 2 is 1.96 bits per heavy atom. The summed E-state index contributed by atoms with van der Waals surface area (Å²) in [4.78, 5) is 22.2. The number of hydrogen-bond acceptors (Lipinski definition) is 4. The van der Waals surface area contributed by atoms with Crippen molar-refractivity contribution in [2.24, 2.45) is 0 Å². The third-order valence-electron chi connectivity index (χ3n) is 3.90. The highest BCUT2D eigenvalue weighted by molar-refractivity contribution is 8.00. The van der Waals surface area contributed by atoms with E-state index in [9.17, 15) is 13.8 Å². The second-order valence-electron chi connectivity index (χ2n) is 5.92. The summed E-state index contributed by atoms with van der Waals surface area (Å²) in [6, 6.07) is 7.40. The van der Waals surface area contributed by atoms with Crippen molar-refractivity contribution in [2.45, 2.75) is 43.1 Å². The highest BCUT2D eigenvalue weighted by Crippen LogP contribution is 2.24. The van der Waals surface area contributed by atoms with E-state index in [0.29, 0.717) is 16.7 Å². The van der Waals surface area contributed by atoms with Crippen molar-refractivity contribution < 1.29 is 18.9 Å². The molecule has 2 rings (SSSR count). The minimum absolute atomic E-state index is 0.0895. The van der Waals surface area contributed by atoms with Crippen LogP contribution in [0.3, 0.4) is 0 Å². The van der Waals surface area contributed by atoms with Gasteiger partial charge in [0.15, 0.2) is 0 Å². The quantitative estimate of drug-likeness (QED) is 0.736. The molecule has 0 spiro atoms. The molecule has 24 heavy (non-hydrogen) atoms. The third-order valence-corrected chi connectivity index (χ3v) is 6.65. The predicted octanol–water partition coefficient (Wildman–Crippen LogP) is 3.02. The summed E-state index contributed by atoms with van der Waals surface area (Å²) >= 11 is 1.06. The van der Waals surface area contributed by atoms with Gasteiger partial charge >= 0.3 is 5.97 Å². The van der Waals surface area contributed by atoms with Crippen LogP contribution in [0.2, 0.25) is 0 Å². The molecule has 1 fully saturated rings. The Kier molecular flexibility index (Phi) is 7.78. The van der Waals surface area contributed by atoms with Crippen LogP contribution in [0, 0.1) is 0 Å². The SMILES string of the molecule is O=C(O)CSCC(=O)Nc1cccc(CS(=O)C2CCCCC2)c1. The Bertz CT molecular complexity index is 600. The van der Waals surface area contributed by atoms with Crippen LogP contribution < -0.4 is 5.32 Å². The van der Waals surface area contributed by atoms with Crippen LogP contribution in [-0.2, 0) is 26.1 Å². The second-order valence-corrected chi connectivity index (χ2v) is 8.62. The summed E-state index contributed by atoms with van der Waals surface area (Å²) in [6.45, 7) is 0. The highest BCUT2D eigenvalue weighted by Gasteiger charge is 2.19. The van der Waals surface area contributed by atoms with Gasteiger partial charge in [-0.2, -0.15) is 0 Å². The fraction of sp³-hybridized carbons (Fsp3) is 0.529. The number of thioether (sulfide) groups is 1. The van der Waals surface area contributed by atoms with Gasteiger partial charge in [-0.3, -0.25) is 13.8 Å². The van der Waals surface area contributed by atoms with Crippen molar-refractivity contribution in [2.75, 3.05) is 16.8 Å². The van der Waals surface area contributed by atoms with E-state index in [1.165, 1.54) is 19.3 Å². The van der Waals surface area contributed by atoms with Gasteiger partial charge in [-0.15, -0.1) is 11.8 Å². The zero-order valence-electron chi connectivity index (χ0n) is 13.5. The summed E-state index contributed by atoms with van der Waals surface area (Å²) in [5.41, 5.74) is 1.61. The lowest BCUT2D eigenvalue weighted by atomic mass is 10.0. The smallest absolute Gasteiger partial charge is 0.313 e. The molecule has 1 aliphatic carbocycles. The van der Waals surface area contributed by atoms with E-state index in [1.807, 2.05) is 18.2 Å². The summed E-state index contributed by atoms with van der Waals surface area (Å²) in [6.07, 6.45) is 5.67. The summed E-state index contributed by atoms with van der Waals surface area (Å²) in [5.74, 6) is -0.632. The first-order chi connectivity index (χ1) is 11.5. The number of carbonyl (C=O) groups excluding carboxylic acids is 1. The van der Waals surface area contributed by atoms with Crippen LogP contribution in [-0.4, -0.2) is 37.9 Å². The maximum absolute atomic E-state index is 12.5. The fourth-order valence-corrected chi connectivity index (χ4v) is 4.91. The first kappa shape index (κ1) is 19.0. The average molecular weight is 370 g/mol. The molecular formula is C17H23NO4S2. The molecule has 2 N–H and O–H groups in total. The molecule has 0 aliphatic heterocycles. The van der Waals surface area contributed by atoms with Gasteiger partial charge in [0.1, 0.15) is 0 Å². The maximum Gasteiger partial charge on any atom is 0.313 e. The normalized spacial score (nSPS) is 16.5. The standard InChI is InChI=1S/C17H23NO4S2/c19-16(10-23-11-17(20)21)18-14-6-4-5-13(9-14)12-24(22)15-7-2-1-3-8-15/h4-6,9,15H,1-3,7-8,10-12H2,(H,18,19)(H,20,21). The number of amides is 1. The lowest BCUT2D eigenvalue weighted by Crippen LogP contribution is -2.20. The zero-order valence-corrected chi connectivity index (χ0v) is 15.2. The van der Waals surface area contributed by atoms with Crippen molar-refractivity contribution in [3.63, 3.8) is 0 Å². The number of nitrogens with one attached hydrogen (secondary N) is 1. The molecule has 1 unspecified atom stereocenters. The van der Waals surface area contributed by atoms with Gasteiger partial charge in [0.25, 0.3) is 0 Å². The molecule has 0 heterocycles. The number of benzene rings is 1. The van der Waals surface area contributed by atoms with Crippen LogP contribution in [0.1, 0.15) is 37.7 Å². The van der Waals surface area contributed by atoms with Gasteiger partial charge in [0.05, 0.1) is 11.5 Å². The van der Waals surface area contributed by atoms with Crippen molar-refractivity contribution in [3.8, 4) is 0 Å². The summed E-state index contributed by atoms with van der Waals surface area (Å²) < 4.78 is 12.5. The molecule has 0 saturated heterocycles. The average Bonchev–Trinajstić information content (AvgIpc) is 2.55. The van der Waals surface area contributed by atoms with E-state index in [4.69, 9.17) is 5.11 Å². The molecule has 0 bridgehead atoms. The Hall–Kier alpha value is -1.34. The molecule has 1 aromatic rings. The van der Waals surface area contributed by atoms with Crippen molar-refractivity contribution in [3.05, 3.63) is 29.8 Å². The molecule has 7 heteroatoms. The Balaban J connectivity index is 1.85. The van der Waals surface area contributed by atoms with Crippen LogP contribution >= 0.6 is 11.8 Å². The molecule has 132 valence electrons. The number of aliphatic carboxylic acids is 1. The third kappa shape index (κ3) is 6.65. The van der Waals surface area contributed by atoms with E-state index in [1.54, 1.807) is 6.07 Å². The first-order valence-electron chi connectivity index (χ1n) is 8.10. The number of hydrogen-bond donors (Lipinski definition) is 2. The molecule has 5 nitrogen and oxygen atoms in total. The zero-order chi connectivity index (χ0) is 17.4. The van der Waals surface area contributed by atoms with Gasteiger partial charge in [-0.05, 0) is 30.5 Å². The molecule has 1 atom stereocenters. The molecule has 1 aromatic carbocycles. The number of carboxylic acid groups (broad SMARTS) is 1. The number of rotatable bonds is 8. The van der Waals surface area contributed by atoms with Crippen LogP contribution in [0.15, 0.2) is 24.3 Å². The molecule has 0 aromatic heterocycles. The molecule has 1 amide bonds. The number of carboxylic acids is 1. The van der Waals surface area contributed by atoms with Crippen LogP contribution in [0.25, 0.3) is 0 Å².